The van der Waals surface area contributed by atoms with Crippen LogP contribution in [0.15, 0.2) is 108 Å². The Bertz CT molecular complexity index is 1580. The summed E-state index contributed by atoms with van der Waals surface area (Å²) in [5, 5.41) is 14.6. The summed E-state index contributed by atoms with van der Waals surface area (Å²) in [5.41, 5.74) is 6.51. The van der Waals surface area contributed by atoms with E-state index in [1.165, 1.54) is 28.9 Å². The molecule has 200 valence electrons. The van der Waals surface area contributed by atoms with Gasteiger partial charge in [-0.15, -0.1) is 0 Å². The van der Waals surface area contributed by atoms with Crippen LogP contribution in [0.5, 0.6) is 11.5 Å². The summed E-state index contributed by atoms with van der Waals surface area (Å²) < 4.78 is 11.4. The van der Waals surface area contributed by atoms with Crippen molar-refractivity contribution in [3.05, 3.63) is 136 Å². The predicted octanol–water partition coefficient (Wildman–Crippen LogP) is 7.76. The lowest BCUT2D eigenvalue weighted by atomic mass is 9.77. The minimum Gasteiger partial charge on any atom is -0.493 e. The van der Waals surface area contributed by atoms with Gasteiger partial charge in [0.05, 0.1) is 23.8 Å². The number of allylic oxidation sites excluding steroid dienone is 2. The molecule has 1 N–H and O–H groups in total. The normalized spacial score (nSPS) is 19.1. The number of nitro benzene ring substituents is 1. The maximum atomic E-state index is 10.8. The Morgan fingerprint density at radius 2 is 1.80 bits per heavy atom. The van der Waals surface area contributed by atoms with Crippen molar-refractivity contribution in [2.24, 2.45) is 10.9 Å². The van der Waals surface area contributed by atoms with Crippen LogP contribution in [0.4, 0.5) is 17.1 Å². The minimum atomic E-state index is -0.419. The fraction of sp³-hybridized carbons (Fsp3) is 0.182. The van der Waals surface area contributed by atoms with Gasteiger partial charge in [0.25, 0.3) is 5.69 Å². The molecular formula is C33H29N3O4. The van der Waals surface area contributed by atoms with Gasteiger partial charge in [0.2, 0.25) is 0 Å². The lowest BCUT2D eigenvalue weighted by molar-refractivity contribution is -0.384. The molecule has 6 rings (SSSR count). The third-order valence-electron chi connectivity index (χ3n) is 7.62. The zero-order chi connectivity index (χ0) is 27.5. The summed E-state index contributed by atoms with van der Waals surface area (Å²) in [7, 11) is 1.59. The van der Waals surface area contributed by atoms with E-state index in [9.17, 15) is 10.1 Å². The van der Waals surface area contributed by atoms with E-state index in [0.717, 1.165) is 23.2 Å². The summed E-state index contributed by atoms with van der Waals surface area (Å²) >= 11 is 0. The van der Waals surface area contributed by atoms with Crippen LogP contribution in [0.25, 0.3) is 0 Å². The van der Waals surface area contributed by atoms with Crippen molar-refractivity contribution >= 4 is 23.3 Å². The van der Waals surface area contributed by atoms with Crippen molar-refractivity contribution < 1.29 is 14.4 Å². The zero-order valence-electron chi connectivity index (χ0n) is 22.1. The fourth-order valence-corrected chi connectivity index (χ4v) is 5.55. The van der Waals surface area contributed by atoms with Gasteiger partial charge in [-0.3, -0.25) is 15.1 Å². The van der Waals surface area contributed by atoms with Gasteiger partial charge in [-0.1, -0.05) is 42.5 Å². The molecule has 2 aliphatic rings. The van der Waals surface area contributed by atoms with Gasteiger partial charge in [-0.2, -0.15) is 0 Å². The first-order valence-corrected chi connectivity index (χ1v) is 13.3. The number of benzene rings is 4. The molecule has 0 amide bonds. The van der Waals surface area contributed by atoms with Gasteiger partial charge >= 0.3 is 0 Å². The fourth-order valence-electron chi connectivity index (χ4n) is 5.55. The standard InChI is InChI=1S/C33H29N3O4/c1-39-32-19-23(11-18-31(32)40-21-22-9-16-26(17-10-22)36(37)38)20-34-25-14-12-24(13-15-25)33-29-7-4-6-27(29)28-5-2-3-8-30(28)35-33/h2-6,8-20,27,29,33,35H,7,21H2,1H3/t27-,29-,33+/m1/s1. The Hall–Kier alpha value is -4.91. The number of para-hydroxylation sites is 1. The Morgan fingerprint density at radius 3 is 2.58 bits per heavy atom. The van der Waals surface area contributed by atoms with E-state index in [2.05, 4.69) is 71.0 Å². The van der Waals surface area contributed by atoms with Gasteiger partial charge in [0, 0.05) is 30.0 Å². The van der Waals surface area contributed by atoms with Gasteiger partial charge in [-0.05, 0) is 83.1 Å². The first-order chi connectivity index (χ1) is 19.6. The van der Waals surface area contributed by atoms with E-state index in [-0.39, 0.29) is 18.3 Å². The topological polar surface area (TPSA) is 86.0 Å². The summed E-state index contributed by atoms with van der Waals surface area (Å²) in [6.45, 7) is 0.271. The molecule has 0 unspecified atom stereocenters. The molecule has 3 atom stereocenters. The third-order valence-corrected chi connectivity index (χ3v) is 7.62. The van der Waals surface area contributed by atoms with Crippen LogP contribution in [-0.4, -0.2) is 18.2 Å². The average molecular weight is 532 g/mol. The number of nitrogens with zero attached hydrogens (tertiary/aromatic N) is 2. The number of methoxy groups -OCH3 is 1. The number of aliphatic imine (C=N–C) groups is 1. The number of hydrogen-bond donors (Lipinski definition) is 1. The van der Waals surface area contributed by atoms with Crippen LogP contribution in [0, 0.1) is 16.0 Å². The monoisotopic (exact) mass is 531 g/mol. The number of non-ortho nitro benzene ring substituents is 1. The van der Waals surface area contributed by atoms with Crippen LogP contribution < -0.4 is 14.8 Å². The second-order valence-corrected chi connectivity index (χ2v) is 10.0. The number of rotatable bonds is 8. The van der Waals surface area contributed by atoms with E-state index in [0.29, 0.717) is 23.3 Å². The van der Waals surface area contributed by atoms with Crippen molar-refractivity contribution in [2.75, 3.05) is 12.4 Å². The largest absolute Gasteiger partial charge is 0.493 e. The van der Waals surface area contributed by atoms with Crippen molar-refractivity contribution in [3.8, 4) is 11.5 Å². The van der Waals surface area contributed by atoms with Crippen LogP contribution >= 0.6 is 0 Å². The summed E-state index contributed by atoms with van der Waals surface area (Å²) in [5.74, 6) is 2.14. The molecule has 0 radical (unpaired) electrons. The van der Waals surface area contributed by atoms with Gasteiger partial charge in [0.1, 0.15) is 6.61 Å². The summed E-state index contributed by atoms with van der Waals surface area (Å²) in [6, 6.07) is 29.3. The SMILES string of the molecule is COc1cc(C=Nc2ccc([C@@H]3Nc4ccccc4[C@H]4C=CC[C@H]43)cc2)ccc1OCc1ccc([N+](=O)[O-])cc1. The Balaban J connectivity index is 1.12. The highest BCUT2D eigenvalue weighted by Crippen LogP contribution is 2.49. The lowest BCUT2D eigenvalue weighted by Crippen LogP contribution is -2.28. The highest BCUT2D eigenvalue weighted by atomic mass is 16.6. The van der Waals surface area contributed by atoms with Crippen molar-refractivity contribution in [1.29, 1.82) is 0 Å². The summed E-state index contributed by atoms with van der Waals surface area (Å²) in [4.78, 5) is 15.1. The number of nitro groups is 1. The van der Waals surface area contributed by atoms with E-state index < -0.39 is 4.92 Å². The molecular weight excluding hydrogens is 502 g/mol. The molecule has 40 heavy (non-hydrogen) atoms. The maximum absolute atomic E-state index is 10.8. The number of fused-ring (bicyclic) bond motifs is 3. The second-order valence-electron chi connectivity index (χ2n) is 10.0. The molecule has 1 heterocycles. The third kappa shape index (κ3) is 5.18. The quantitative estimate of drug-likeness (QED) is 0.109. The molecule has 4 aromatic rings. The maximum Gasteiger partial charge on any atom is 0.269 e. The Kier molecular flexibility index (Phi) is 7.02. The van der Waals surface area contributed by atoms with E-state index >= 15 is 0 Å². The molecule has 0 saturated heterocycles. The molecule has 4 aromatic carbocycles. The number of hydrogen-bond acceptors (Lipinski definition) is 6. The average Bonchev–Trinajstić information content (AvgIpc) is 3.50. The minimum absolute atomic E-state index is 0.0517. The van der Waals surface area contributed by atoms with E-state index in [4.69, 9.17) is 9.47 Å². The first-order valence-electron chi connectivity index (χ1n) is 13.3. The van der Waals surface area contributed by atoms with Crippen LogP contribution in [0.3, 0.4) is 0 Å². The highest BCUT2D eigenvalue weighted by molar-refractivity contribution is 5.83. The number of nitrogens with one attached hydrogen (secondary N) is 1. The zero-order valence-corrected chi connectivity index (χ0v) is 22.1. The molecule has 7 nitrogen and oxygen atoms in total. The molecule has 1 aliphatic heterocycles. The van der Waals surface area contributed by atoms with Gasteiger partial charge in [-0.25, -0.2) is 0 Å². The highest BCUT2D eigenvalue weighted by Gasteiger charge is 2.37. The van der Waals surface area contributed by atoms with Crippen molar-refractivity contribution in [1.82, 2.24) is 0 Å². The van der Waals surface area contributed by atoms with Gasteiger partial charge < -0.3 is 14.8 Å². The molecule has 0 fully saturated rings. The van der Waals surface area contributed by atoms with E-state index in [1.807, 2.05) is 24.4 Å². The summed E-state index contributed by atoms with van der Waals surface area (Å²) in [6.07, 6.45) is 7.55. The van der Waals surface area contributed by atoms with E-state index in [1.54, 1.807) is 19.2 Å². The lowest BCUT2D eigenvalue weighted by Gasteiger charge is -2.37. The molecule has 0 bridgehead atoms. The number of ether oxygens (including phenoxy) is 2. The van der Waals surface area contributed by atoms with Gasteiger partial charge in [0.15, 0.2) is 11.5 Å². The predicted molar refractivity (Wildman–Crippen MR) is 157 cm³/mol. The number of anilines is 1. The second kappa shape index (κ2) is 11.1. The first kappa shape index (κ1) is 25.4. The Labute approximate surface area is 233 Å². The van der Waals surface area contributed by atoms with Crippen LogP contribution in [-0.2, 0) is 6.61 Å². The van der Waals surface area contributed by atoms with Crippen LogP contribution in [0.2, 0.25) is 0 Å². The Morgan fingerprint density at radius 1 is 1.00 bits per heavy atom. The van der Waals surface area contributed by atoms with Crippen molar-refractivity contribution in [3.63, 3.8) is 0 Å². The smallest absolute Gasteiger partial charge is 0.269 e. The molecule has 7 heteroatoms. The van der Waals surface area contributed by atoms with Crippen molar-refractivity contribution in [2.45, 2.75) is 25.0 Å². The molecule has 0 aromatic heterocycles. The molecule has 1 aliphatic carbocycles. The molecule has 0 saturated carbocycles. The van der Waals surface area contributed by atoms with Crippen LogP contribution in [0.1, 0.15) is 40.6 Å². The molecule has 0 spiro atoms.